The van der Waals surface area contributed by atoms with E-state index in [2.05, 4.69) is 5.32 Å². The van der Waals surface area contributed by atoms with Crippen LogP contribution in [0.1, 0.15) is 38.2 Å². The van der Waals surface area contributed by atoms with Crippen LogP contribution in [0.4, 0.5) is 4.39 Å². The quantitative estimate of drug-likeness (QED) is 0.927. The number of hydrogen-bond acceptors (Lipinski definition) is 2. The number of carbonyl (C=O) groups is 1. The summed E-state index contributed by atoms with van der Waals surface area (Å²) in [5.74, 6) is -0.270. The fraction of sp³-hybridized carbons (Fsp3) is 0.611. The third-order valence-corrected chi connectivity index (χ3v) is 5.25. The third kappa shape index (κ3) is 3.17. The average molecular weight is 304 g/mol. The first kappa shape index (κ1) is 15.5. The number of fused-ring (bicyclic) bond motifs is 2. The Bertz CT molecular complexity index is 536. The Balaban J connectivity index is 1.61. The molecule has 1 amide bonds. The van der Waals surface area contributed by atoms with Crippen molar-refractivity contribution in [2.24, 2.45) is 5.92 Å². The monoisotopic (exact) mass is 304 g/mol. The summed E-state index contributed by atoms with van der Waals surface area (Å²) in [6, 6.07) is 8.20. The van der Waals surface area contributed by atoms with Gasteiger partial charge in [0.25, 0.3) is 0 Å². The summed E-state index contributed by atoms with van der Waals surface area (Å²) >= 11 is 0. The summed E-state index contributed by atoms with van der Waals surface area (Å²) in [6.45, 7) is 1.90. The number of carbonyl (C=O) groups excluding carboxylic acids is 1. The van der Waals surface area contributed by atoms with Gasteiger partial charge in [-0.25, -0.2) is 4.39 Å². The molecule has 0 saturated carbocycles. The predicted molar refractivity (Wildman–Crippen MR) is 85.0 cm³/mol. The number of nitrogens with one attached hydrogen (secondary N) is 1. The predicted octanol–water partition coefficient (Wildman–Crippen LogP) is 2.75. The van der Waals surface area contributed by atoms with E-state index in [9.17, 15) is 9.18 Å². The molecular weight excluding hydrogens is 279 g/mol. The molecule has 0 aliphatic carbocycles. The largest absolute Gasteiger partial charge is 0.342 e. The topological polar surface area (TPSA) is 32.3 Å². The smallest absolute Gasteiger partial charge is 0.225 e. The second-order valence-electron chi connectivity index (χ2n) is 6.91. The summed E-state index contributed by atoms with van der Waals surface area (Å²) in [5.41, 5.74) is 0.627. The molecular formula is C18H25FN2O. The summed E-state index contributed by atoms with van der Waals surface area (Å²) in [4.78, 5) is 14.6. The molecule has 2 aliphatic heterocycles. The van der Waals surface area contributed by atoms with Crippen molar-refractivity contribution in [3.05, 3.63) is 35.6 Å². The van der Waals surface area contributed by atoms with Crippen LogP contribution >= 0.6 is 0 Å². The first-order chi connectivity index (χ1) is 10.5. The lowest BCUT2D eigenvalue weighted by atomic mass is 9.95. The van der Waals surface area contributed by atoms with Gasteiger partial charge in [0.15, 0.2) is 0 Å². The highest BCUT2D eigenvalue weighted by molar-refractivity contribution is 5.78. The van der Waals surface area contributed by atoms with Gasteiger partial charge in [0, 0.05) is 31.1 Å². The van der Waals surface area contributed by atoms with E-state index in [1.165, 1.54) is 18.9 Å². The molecule has 3 atom stereocenters. The normalized spacial score (nSPS) is 28.4. The van der Waals surface area contributed by atoms with Gasteiger partial charge >= 0.3 is 0 Å². The fourth-order valence-corrected chi connectivity index (χ4v) is 3.95. The summed E-state index contributed by atoms with van der Waals surface area (Å²) < 4.78 is 13.7. The lowest BCUT2D eigenvalue weighted by Crippen LogP contribution is -2.50. The highest BCUT2D eigenvalue weighted by Crippen LogP contribution is 2.30. The van der Waals surface area contributed by atoms with E-state index in [-0.39, 0.29) is 17.6 Å². The Labute approximate surface area is 131 Å². The van der Waals surface area contributed by atoms with Crippen LogP contribution in [0.3, 0.4) is 0 Å². The van der Waals surface area contributed by atoms with Crippen molar-refractivity contribution in [2.45, 2.75) is 57.2 Å². The van der Waals surface area contributed by atoms with E-state index in [4.69, 9.17) is 0 Å². The molecule has 3 nitrogen and oxygen atoms in total. The van der Waals surface area contributed by atoms with E-state index in [0.717, 1.165) is 12.8 Å². The number of rotatable bonds is 4. The lowest BCUT2D eigenvalue weighted by molar-refractivity contribution is -0.136. The van der Waals surface area contributed by atoms with Crippen molar-refractivity contribution in [1.29, 1.82) is 0 Å². The molecule has 2 heterocycles. The van der Waals surface area contributed by atoms with Gasteiger partial charge < -0.3 is 10.2 Å². The minimum Gasteiger partial charge on any atom is -0.342 e. The van der Waals surface area contributed by atoms with Crippen LogP contribution in [0.5, 0.6) is 0 Å². The minimum absolute atomic E-state index is 0.134. The Morgan fingerprint density at radius 1 is 1.32 bits per heavy atom. The second-order valence-corrected chi connectivity index (χ2v) is 6.91. The van der Waals surface area contributed by atoms with Crippen LogP contribution in [0, 0.1) is 11.7 Å². The van der Waals surface area contributed by atoms with Crippen molar-refractivity contribution in [1.82, 2.24) is 10.2 Å². The van der Waals surface area contributed by atoms with E-state index in [1.807, 2.05) is 24.9 Å². The van der Waals surface area contributed by atoms with Crippen molar-refractivity contribution in [2.75, 3.05) is 7.05 Å². The molecule has 3 unspecified atom stereocenters. The van der Waals surface area contributed by atoms with Crippen LogP contribution < -0.4 is 5.32 Å². The Kier molecular flexibility index (Phi) is 4.48. The van der Waals surface area contributed by atoms with Crippen LogP contribution in [0.25, 0.3) is 0 Å². The zero-order valence-corrected chi connectivity index (χ0v) is 13.4. The second kappa shape index (κ2) is 6.37. The highest BCUT2D eigenvalue weighted by atomic mass is 19.1. The average Bonchev–Trinajstić information content (AvgIpc) is 2.86. The van der Waals surface area contributed by atoms with Crippen molar-refractivity contribution < 1.29 is 9.18 Å². The maximum atomic E-state index is 13.7. The van der Waals surface area contributed by atoms with Crippen molar-refractivity contribution >= 4 is 5.91 Å². The summed E-state index contributed by atoms with van der Waals surface area (Å²) in [6.07, 6.45) is 5.02. The Morgan fingerprint density at radius 2 is 1.95 bits per heavy atom. The Hall–Kier alpha value is -1.42. The van der Waals surface area contributed by atoms with E-state index in [1.54, 1.807) is 12.1 Å². The van der Waals surface area contributed by atoms with Gasteiger partial charge in [0.2, 0.25) is 5.91 Å². The molecule has 4 heteroatoms. The van der Waals surface area contributed by atoms with Gasteiger partial charge in [0.1, 0.15) is 5.82 Å². The number of hydrogen-bond donors (Lipinski definition) is 1. The molecule has 2 aliphatic rings. The minimum atomic E-state index is -0.218. The maximum Gasteiger partial charge on any atom is 0.225 e. The molecule has 0 radical (unpaired) electrons. The molecule has 0 spiro atoms. The van der Waals surface area contributed by atoms with Crippen LogP contribution in [0.15, 0.2) is 24.3 Å². The maximum absolute atomic E-state index is 13.7. The molecule has 22 heavy (non-hydrogen) atoms. The molecule has 2 fully saturated rings. The molecule has 2 bridgehead atoms. The zero-order valence-electron chi connectivity index (χ0n) is 13.4. The van der Waals surface area contributed by atoms with Crippen LogP contribution in [-0.2, 0) is 11.2 Å². The molecule has 120 valence electrons. The molecule has 3 rings (SSSR count). The summed E-state index contributed by atoms with van der Waals surface area (Å²) in [7, 11) is 1.91. The molecule has 0 aromatic heterocycles. The molecule has 1 aromatic rings. The Morgan fingerprint density at radius 3 is 2.59 bits per heavy atom. The van der Waals surface area contributed by atoms with Gasteiger partial charge in [-0.3, -0.25) is 4.79 Å². The SMILES string of the molecule is CC(Cc1ccccc1F)C(=O)N(C)C1CC2CCC(C1)N2. The number of piperidine rings is 1. The zero-order chi connectivity index (χ0) is 15.7. The lowest BCUT2D eigenvalue weighted by Gasteiger charge is -2.36. The van der Waals surface area contributed by atoms with Gasteiger partial charge in [-0.2, -0.15) is 0 Å². The van der Waals surface area contributed by atoms with Crippen LogP contribution in [-0.4, -0.2) is 36.0 Å². The number of halogens is 1. The summed E-state index contributed by atoms with van der Waals surface area (Å²) in [5, 5.41) is 3.60. The van der Waals surface area contributed by atoms with Crippen LogP contribution in [0.2, 0.25) is 0 Å². The van der Waals surface area contributed by atoms with Gasteiger partial charge in [-0.05, 0) is 43.7 Å². The molecule has 1 aromatic carbocycles. The molecule has 1 N–H and O–H groups in total. The van der Waals surface area contributed by atoms with E-state index in [0.29, 0.717) is 30.1 Å². The van der Waals surface area contributed by atoms with Crippen molar-refractivity contribution in [3.63, 3.8) is 0 Å². The number of benzene rings is 1. The van der Waals surface area contributed by atoms with Gasteiger partial charge in [-0.15, -0.1) is 0 Å². The highest BCUT2D eigenvalue weighted by Gasteiger charge is 2.37. The number of amides is 1. The first-order valence-corrected chi connectivity index (χ1v) is 8.30. The first-order valence-electron chi connectivity index (χ1n) is 8.30. The van der Waals surface area contributed by atoms with Crippen molar-refractivity contribution in [3.8, 4) is 0 Å². The van der Waals surface area contributed by atoms with E-state index < -0.39 is 0 Å². The fourth-order valence-electron chi connectivity index (χ4n) is 3.95. The third-order valence-electron chi connectivity index (χ3n) is 5.25. The standard InChI is InChI=1S/C18H25FN2O/c1-12(9-13-5-3-4-6-17(13)19)18(22)21(2)16-10-14-7-8-15(11-16)20-14/h3-6,12,14-16,20H,7-11H2,1-2H3. The van der Waals surface area contributed by atoms with Gasteiger partial charge in [-0.1, -0.05) is 25.1 Å². The molecule has 2 saturated heterocycles. The van der Waals surface area contributed by atoms with E-state index >= 15 is 0 Å². The van der Waals surface area contributed by atoms with Gasteiger partial charge in [0.05, 0.1) is 0 Å². The number of nitrogens with zero attached hydrogens (tertiary/aromatic N) is 1.